The van der Waals surface area contributed by atoms with Crippen LogP contribution in [0, 0.1) is 5.92 Å². The average molecular weight is 499 g/mol. The molecule has 2 bridgehead atoms. The van der Waals surface area contributed by atoms with E-state index in [-0.39, 0.29) is 29.3 Å². The van der Waals surface area contributed by atoms with Crippen molar-refractivity contribution in [3.63, 3.8) is 0 Å². The van der Waals surface area contributed by atoms with Crippen molar-refractivity contribution in [2.45, 2.75) is 51.1 Å². The molecule has 0 unspecified atom stereocenters. The molecule has 7 heteroatoms. The van der Waals surface area contributed by atoms with E-state index < -0.39 is 6.04 Å². The van der Waals surface area contributed by atoms with Gasteiger partial charge >= 0.3 is 6.03 Å². The fourth-order valence-corrected chi connectivity index (χ4v) is 5.54. The quantitative estimate of drug-likeness (QED) is 0.530. The Hall–Kier alpha value is -3.87. The maximum atomic E-state index is 13.5. The van der Waals surface area contributed by atoms with Crippen molar-refractivity contribution < 1.29 is 9.59 Å². The summed E-state index contributed by atoms with van der Waals surface area (Å²) in [4.78, 5) is 41.0. The summed E-state index contributed by atoms with van der Waals surface area (Å²) in [5.74, 6) is 0.499. The van der Waals surface area contributed by atoms with Gasteiger partial charge in [0.1, 0.15) is 6.04 Å². The van der Waals surface area contributed by atoms with Crippen LogP contribution in [-0.4, -0.2) is 40.5 Å². The Morgan fingerprint density at radius 2 is 1.68 bits per heavy atom. The van der Waals surface area contributed by atoms with Crippen LogP contribution in [0.15, 0.2) is 77.6 Å². The molecule has 37 heavy (non-hydrogen) atoms. The molecule has 5 rings (SSSR count). The molecule has 0 spiro atoms. The minimum atomic E-state index is -0.726. The Morgan fingerprint density at radius 3 is 2.41 bits per heavy atom. The number of hydrogen-bond acceptors (Lipinski definition) is 3. The lowest BCUT2D eigenvalue weighted by atomic mass is 9.83. The molecule has 0 aliphatic carbocycles. The second-order valence-electron chi connectivity index (χ2n) is 10.6. The van der Waals surface area contributed by atoms with Gasteiger partial charge in [0.25, 0.3) is 5.56 Å². The molecule has 3 aromatic rings. The third-order valence-corrected chi connectivity index (χ3v) is 7.51. The molecule has 192 valence electrons. The first kappa shape index (κ1) is 24.8. The zero-order chi connectivity index (χ0) is 25.9. The molecule has 0 radical (unpaired) electrons. The number of nitrogens with zero attached hydrogens (tertiary/aromatic N) is 2. The number of rotatable bonds is 6. The molecule has 2 aliphatic rings. The van der Waals surface area contributed by atoms with E-state index in [0.29, 0.717) is 37.7 Å². The second kappa shape index (κ2) is 10.6. The average Bonchev–Trinajstić information content (AvgIpc) is 2.89. The number of fused-ring (bicyclic) bond motifs is 4. The van der Waals surface area contributed by atoms with Crippen molar-refractivity contribution in [1.82, 2.24) is 14.8 Å². The highest BCUT2D eigenvalue weighted by molar-refractivity contribution is 5.97. The predicted molar refractivity (Wildman–Crippen MR) is 145 cm³/mol. The van der Waals surface area contributed by atoms with Crippen LogP contribution < -0.4 is 16.2 Å². The summed E-state index contributed by atoms with van der Waals surface area (Å²) < 4.78 is 1.85. The van der Waals surface area contributed by atoms with Gasteiger partial charge in [0.05, 0.1) is 0 Å². The van der Waals surface area contributed by atoms with E-state index in [1.165, 1.54) is 5.56 Å². The summed E-state index contributed by atoms with van der Waals surface area (Å²) in [5, 5.41) is 6.00. The Morgan fingerprint density at radius 1 is 0.919 bits per heavy atom. The third-order valence-electron chi connectivity index (χ3n) is 7.51. The number of piperidine rings is 1. The Balaban J connectivity index is 1.31. The highest BCUT2D eigenvalue weighted by Crippen LogP contribution is 2.35. The zero-order valence-electron chi connectivity index (χ0n) is 21.4. The molecular formula is C30H34N4O3. The molecule has 2 aliphatic heterocycles. The zero-order valence-corrected chi connectivity index (χ0v) is 21.4. The van der Waals surface area contributed by atoms with Crippen molar-refractivity contribution in [2.75, 3.05) is 18.4 Å². The predicted octanol–water partition coefficient (Wildman–Crippen LogP) is 4.35. The first-order valence-corrected chi connectivity index (χ1v) is 13.1. The van der Waals surface area contributed by atoms with Gasteiger partial charge in [0.2, 0.25) is 5.91 Å². The van der Waals surface area contributed by atoms with Gasteiger partial charge < -0.3 is 20.1 Å². The van der Waals surface area contributed by atoms with E-state index in [2.05, 4.69) is 24.5 Å². The number of benzene rings is 2. The molecule has 1 saturated heterocycles. The van der Waals surface area contributed by atoms with Crippen LogP contribution in [-0.2, 0) is 17.8 Å². The van der Waals surface area contributed by atoms with E-state index in [9.17, 15) is 14.4 Å². The third kappa shape index (κ3) is 5.61. The van der Waals surface area contributed by atoms with E-state index >= 15 is 0 Å². The number of hydrogen-bond donors (Lipinski definition) is 2. The van der Waals surface area contributed by atoms with Crippen LogP contribution in [0.1, 0.15) is 48.9 Å². The van der Waals surface area contributed by atoms with Gasteiger partial charge in [-0.3, -0.25) is 9.59 Å². The molecule has 2 aromatic carbocycles. The maximum Gasteiger partial charge on any atom is 0.318 e. The van der Waals surface area contributed by atoms with Gasteiger partial charge in [0, 0.05) is 49.4 Å². The van der Waals surface area contributed by atoms with Gasteiger partial charge in [-0.1, -0.05) is 62.4 Å². The lowest BCUT2D eigenvalue weighted by molar-refractivity contribution is -0.118. The van der Waals surface area contributed by atoms with Gasteiger partial charge in [-0.25, -0.2) is 4.79 Å². The number of urea groups is 1. The summed E-state index contributed by atoms with van der Waals surface area (Å²) in [6.45, 7) is 5.98. The SMILES string of the molecule is CC(C)c1ccc(NC(=O)[C@H](Cc2ccccc2)NC(=O)N2C[C@@H]3C[C@H](C2)c2cccc(=O)n2C3)cc1. The monoisotopic (exact) mass is 498 g/mol. The number of nitrogens with one attached hydrogen (secondary N) is 2. The van der Waals surface area contributed by atoms with Gasteiger partial charge in [-0.15, -0.1) is 0 Å². The summed E-state index contributed by atoms with van der Waals surface area (Å²) in [7, 11) is 0. The van der Waals surface area contributed by atoms with Crippen molar-refractivity contribution in [3.05, 3.63) is 100.0 Å². The maximum absolute atomic E-state index is 13.5. The van der Waals surface area contributed by atoms with E-state index in [1.54, 1.807) is 12.1 Å². The molecule has 3 amide bonds. The number of carbonyl (C=O) groups is 2. The Labute approximate surface area is 217 Å². The fourth-order valence-electron chi connectivity index (χ4n) is 5.54. The number of anilines is 1. The molecule has 1 fully saturated rings. The second-order valence-corrected chi connectivity index (χ2v) is 10.6. The molecule has 7 nitrogen and oxygen atoms in total. The topological polar surface area (TPSA) is 83.4 Å². The van der Waals surface area contributed by atoms with E-state index in [0.717, 1.165) is 17.7 Å². The van der Waals surface area contributed by atoms with Crippen LogP contribution >= 0.6 is 0 Å². The van der Waals surface area contributed by atoms with E-state index in [4.69, 9.17) is 0 Å². The number of amides is 3. The Kier molecular flexibility index (Phi) is 7.12. The summed E-state index contributed by atoms with van der Waals surface area (Å²) in [6.07, 6.45) is 1.36. The number of aromatic nitrogens is 1. The minimum absolute atomic E-state index is 0.0196. The largest absolute Gasteiger partial charge is 0.326 e. The molecular weight excluding hydrogens is 464 g/mol. The first-order chi connectivity index (χ1) is 17.9. The van der Waals surface area contributed by atoms with Crippen LogP contribution in [0.25, 0.3) is 0 Å². The summed E-state index contributed by atoms with van der Waals surface area (Å²) in [6, 6.07) is 22.0. The molecule has 3 atom stereocenters. The normalized spacial score (nSPS) is 19.2. The van der Waals surface area contributed by atoms with Crippen molar-refractivity contribution in [2.24, 2.45) is 5.92 Å². The van der Waals surface area contributed by atoms with Crippen LogP contribution in [0.3, 0.4) is 0 Å². The van der Waals surface area contributed by atoms with Crippen LogP contribution in [0.2, 0.25) is 0 Å². The fraction of sp³-hybridized carbons (Fsp3) is 0.367. The molecule has 1 aromatic heterocycles. The Bertz CT molecular complexity index is 1320. The number of likely N-dealkylation sites (tertiary alicyclic amines) is 1. The molecule has 0 saturated carbocycles. The highest BCUT2D eigenvalue weighted by Gasteiger charge is 2.37. The lowest BCUT2D eigenvalue weighted by Crippen LogP contribution is -2.55. The number of pyridine rings is 1. The lowest BCUT2D eigenvalue weighted by Gasteiger charge is -2.43. The van der Waals surface area contributed by atoms with Gasteiger partial charge in [-0.05, 0) is 47.6 Å². The van der Waals surface area contributed by atoms with E-state index in [1.807, 2.05) is 70.1 Å². The molecule has 3 heterocycles. The summed E-state index contributed by atoms with van der Waals surface area (Å²) in [5.41, 5.74) is 3.89. The first-order valence-electron chi connectivity index (χ1n) is 13.1. The van der Waals surface area contributed by atoms with Crippen LogP contribution in [0.5, 0.6) is 0 Å². The standard InChI is InChI=1S/C30H34N4O3/c1-20(2)23-11-13-25(14-12-23)31-29(36)26(16-21-7-4-3-5-8-21)32-30(37)33-17-22-15-24(19-33)27-9-6-10-28(35)34(27)18-22/h3-14,20,22,24,26H,15-19H2,1-2H3,(H,31,36)(H,32,37)/t22-,24+,26-/m0/s1. The van der Waals surface area contributed by atoms with Crippen molar-refractivity contribution >= 4 is 17.6 Å². The van der Waals surface area contributed by atoms with Crippen LogP contribution in [0.4, 0.5) is 10.5 Å². The number of carbonyl (C=O) groups excluding carboxylic acids is 2. The smallest absolute Gasteiger partial charge is 0.318 e. The van der Waals surface area contributed by atoms with Crippen molar-refractivity contribution in [3.8, 4) is 0 Å². The highest BCUT2D eigenvalue weighted by atomic mass is 16.2. The van der Waals surface area contributed by atoms with Crippen molar-refractivity contribution in [1.29, 1.82) is 0 Å². The van der Waals surface area contributed by atoms with Gasteiger partial charge in [0.15, 0.2) is 0 Å². The summed E-state index contributed by atoms with van der Waals surface area (Å²) >= 11 is 0. The molecule has 2 N–H and O–H groups in total. The minimum Gasteiger partial charge on any atom is -0.326 e. The van der Waals surface area contributed by atoms with Gasteiger partial charge in [-0.2, -0.15) is 0 Å².